The Kier molecular flexibility index (Phi) is 6.77. The topological polar surface area (TPSA) is 8.81 Å². The smallest absolute Gasteiger partial charge is 0.232 e. The van der Waals surface area contributed by atoms with Gasteiger partial charge in [-0.05, 0) is 72.9 Å². The van der Waals surface area contributed by atoms with Crippen LogP contribution in [0.3, 0.4) is 0 Å². The molecule has 36 heavy (non-hydrogen) atoms. The van der Waals surface area contributed by atoms with Crippen molar-refractivity contribution in [2.45, 2.75) is 76.0 Å². The molecule has 0 unspecified atom stereocenters. The van der Waals surface area contributed by atoms with Crippen molar-refractivity contribution in [3.05, 3.63) is 96.3 Å². The van der Waals surface area contributed by atoms with Crippen molar-refractivity contribution in [1.82, 2.24) is 4.57 Å². The summed E-state index contributed by atoms with van der Waals surface area (Å²) in [4.78, 5) is 0. The summed E-state index contributed by atoms with van der Waals surface area (Å²) >= 11 is 0. The highest BCUT2D eigenvalue weighted by molar-refractivity contribution is 5.71. The molecule has 0 spiro atoms. The molecule has 1 heterocycles. The van der Waals surface area contributed by atoms with Crippen LogP contribution in [0.15, 0.2) is 85.2 Å². The van der Waals surface area contributed by atoms with Gasteiger partial charge in [-0.3, -0.25) is 0 Å². The number of hydrogen-bond donors (Lipinski definition) is 0. The highest BCUT2D eigenvalue weighted by Gasteiger charge is 2.31. The zero-order chi connectivity index (χ0) is 24.3. The van der Waals surface area contributed by atoms with Crippen molar-refractivity contribution in [3.63, 3.8) is 0 Å². The summed E-state index contributed by atoms with van der Waals surface area (Å²) in [5, 5.41) is 0. The first kappa shape index (κ1) is 23.3. The largest absolute Gasteiger partial charge is 0.293 e. The summed E-state index contributed by atoms with van der Waals surface area (Å²) in [7, 11) is 2.19. The average molecular weight is 476 g/mol. The molecule has 0 saturated heterocycles. The molecule has 2 heteroatoms. The molecule has 0 amide bonds. The van der Waals surface area contributed by atoms with Crippen molar-refractivity contribution in [2.75, 3.05) is 0 Å². The minimum absolute atomic E-state index is 0.635. The third-order valence-electron chi connectivity index (χ3n) is 8.64. The molecule has 2 aliphatic carbocycles. The Morgan fingerprint density at radius 3 is 1.64 bits per heavy atom. The highest BCUT2D eigenvalue weighted by Crippen LogP contribution is 2.45. The maximum Gasteiger partial charge on any atom is 0.293 e. The van der Waals surface area contributed by atoms with E-state index in [0.29, 0.717) is 11.8 Å². The van der Waals surface area contributed by atoms with Gasteiger partial charge in [0.2, 0.25) is 0 Å². The maximum absolute atomic E-state index is 2.56. The van der Waals surface area contributed by atoms with Crippen LogP contribution < -0.4 is 4.57 Å². The lowest BCUT2D eigenvalue weighted by atomic mass is 9.77. The second-order valence-corrected chi connectivity index (χ2v) is 11.0. The van der Waals surface area contributed by atoms with Gasteiger partial charge in [-0.15, -0.1) is 0 Å². The Morgan fingerprint density at radius 2 is 1.11 bits per heavy atom. The van der Waals surface area contributed by atoms with E-state index in [4.69, 9.17) is 0 Å². The molecule has 184 valence electrons. The van der Waals surface area contributed by atoms with Gasteiger partial charge in [0, 0.05) is 11.1 Å². The van der Waals surface area contributed by atoms with Crippen molar-refractivity contribution < 1.29 is 4.57 Å². The molecule has 0 radical (unpaired) electrons. The van der Waals surface area contributed by atoms with Crippen LogP contribution in [0.1, 0.15) is 87.2 Å². The van der Waals surface area contributed by atoms with Crippen LogP contribution in [0.25, 0.3) is 28.2 Å². The summed E-state index contributed by atoms with van der Waals surface area (Å²) in [6, 6.07) is 27.1. The van der Waals surface area contributed by atoms with Gasteiger partial charge in [-0.25, -0.2) is 4.57 Å². The summed E-state index contributed by atoms with van der Waals surface area (Å²) in [6.45, 7) is 0. The molecule has 3 aromatic carbocycles. The van der Waals surface area contributed by atoms with Crippen molar-refractivity contribution in [2.24, 2.45) is 7.05 Å². The second-order valence-electron chi connectivity index (χ2n) is 11.0. The normalized spacial score (nSPS) is 17.4. The monoisotopic (exact) mass is 475 g/mol. The van der Waals surface area contributed by atoms with E-state index < -0.39 is 0 Å². The third-order valence-corrected chi connectivity index (χ3v) is 8.64. The number of hydrogen-bond acceptors (Lipinski definition) is 0. The summed E-state index contributed by atoms with van der Waals surface area (Å²) < 4.78 is 4.84. The Labute approximate surface area is 216 Å². The number of aromatic nitrogens is 2. The van der Waals surface area contributed by atoms with Crippen LogP contribution in [0.2, 0.25) is 0 Å². The zero-order valence-electron chi connectivity index (χ0n) is 21.7. The van der Waals surface area contributed by atoms with E-state index in [2.05, 4.69) is 101 Å². The van der Waals surface area contributed by atoms with E-state index in [1.165, 1.54) is 92.4 Å². The SMILES string of the molecule is C[n+]1ccn(-c2c(C3CCCCC3)cc(-c3ccccc3)cc2C2CCCCC2)c1-c1ccccc1. The number of benzene rings is 3. The fourth-order valence-electron chi connectivity index (χ4n) is 6.79. The fraction of sp³-hybridized carbons (Fsp3) is 0.382. The van der Waals surface area contributed by atoms with Crippen LogP contribution in [0.4, 0.5) is 0 Å². The molecule has 2 nitrogen and oxygen atoms in total. The van der Waals surface area contributed by atoms with Crippen molar-refractivity contribution >= 4 is 0 Å². The summed E-state index contributed by atoms with van der Waals surface area (Å²) in [5.74, 6) is 2.55. The minimum atomic E-state index is 0.635. The lowest BCUT2D eigenvalue weighted by molar-refractivity contribution is -0.659. The van der Waals surface area contributed by atoms with Gasteiger partial charge in [0.1, 0.15) is 18.1 Å². The van der Waals surface area contributed by atoms with Crippen LogP contribution >= 0.6 is 0 Å². The van der Waals surface area contributed by atoms with Crippen molar-refractivity contribution in [1.29, 1.82) is 0 Å². The molecule has 0 N–H and O–H groups in total. The van der Waals surface area contributed by atoms with E-state index in [0.717, 1.165) is 0 Å². The van der Waals surface area contributed by atoms with E-state index in [1.54, 1.807) is 11.1 Å². The van der Waals surface area contributed by atoms with Gasteiger partial charge in [-0.2, -0.15) is 4.57 Å². The molecule has 4 aromatic rings. The summed E-state index contributed by atoms with van der Waals surface area (Å²) in [5.41, 5.74) is 8.65. The maximum atomic E-state index is 2.56. The van der Waals surface area contributed by atoms with E-state index in [-0.39, 0.29) is 0 Å². The van der Waals surface area contributed by atoms with Gasteiger partial charge < -0.3 is 0 Å². The van der Waals surface area contributed by atoms with Gasteiger partial charge in [-0.1, -0.05) is 87.1 Å². The molecule has 6 rings (SSSR count). The van der Waals surface area contributed by atoms with Gasteiger partial charge in [0.05, 0.1) is 12.6 Å². The molecule has 0 aliphatic heterocycles. The van der Waals surface area contributed by atoms with E-state index in [1.807, 2.05) is 0 Å². The first-order valence-electron chi connectivity index (χ1n) is 14.2. The number of aryl methyl sites for hydroxylation is 1. The zero-order valence-corrected chi connectivity index (χ0v) is 21.7. The Bertz CT molecular complexity index is 1250. The molecular formula is C34H39N2+. The molecule has 0 atom stereocenters. The van der Waals surface area contributed by atoms with E-state index >= 15 is 0 Å². The first-order valence-corrected chi connectivity index (χ1v) is 14.2. The molecule has 2 saturated carbocycles. The lowest BCUT2D eigenvalue weighted by Crippen LogP contribution is -2.29. The van der Waals surface area contributed by atoms with Gasteiger partial charge in [0.25, 0.3) is 5.82 Å². The Balaban J connectivity index is 1.62. The average Bonchev–Trinajstić information content (AvgIpc) is 3.35. The third kappa shape index (κ3) is 4.54. The first-order chi connectivity index (χ1) is 17.8. The van der Waals surface area contributed by atoms with Gasteiger partial charge >= 0.3 is 0 Å². The fourth-order valence-corrected chi connectivity index (χ4v) is 6.79. The predicted molar refractivity (Wildman–Crippen MR) is 149 cm³/mol. The van der Waals surface area contributed by atoms with Gasteiger partial charge in [0.15, 0.2) is 0 Å². The minimum Gasteiger partial charge on any atom is -0.232 e. The standard InChI is InChI=1S/C34H39N2/c1-35-22-23-36(34(35)29-20-12-5-13-21-29)33-31(27-16-8-3-9-17-27)24-30(26-14-6-2-7-15-26)25-32(33)28-18-10-4-11-19-28/h2,5-7,12-15,20-25,27-28H,3-4,8-11,16-19H2,1H3/q+1. The van der Waals surface area contributed by atoms with Crippen LogP contribution in [0.5, 0.6) is 0 Å². The quantitative estimate of drug-likeness (QED) is 0.255. The number of rotatable bonds is 5. The van der Waals surface area contributed by atoms with Crippen LogP contribution in [0, 0.1) is 0 Å². The van der Waals surface area contributed by atoms with E-state index in [9.17, 15) is 0 Å². The number of nitrogens with zero attached hydrogens (tertiary/aromatic N) is 2. The Morgan fingerprint density at radius 1 is 0.611 bits per heavy atom. The van der Waals surface area contributed by atoms with Crippen LogP contribution in [-0.2, 0) is 7.05 Å². The van der Waals surface area contributed by atoms with Crippen molar-refractivity contribution in [3.8, 4) is 28.2 Å². The number of imidazole rings is 1. The van der Waals surface area contributed by atoms with Crippen LogP contribution in [-0.4, -0.2) is 4.57 Å². The molecule has 2 fully saturated rings. The molecular weight excluding hydrogens is 436 g/mol. The predicted octanol–water partition coefficient (Wildman–Crippen LogP) is 8.73. The summed E-state index contributed by atoms with van der Waals surface area (Å²) in [6.07, 6.45) is 18.0. The molecule has 0 bridgehead atoms. The molecule has 2 aliphatic rings. The molecule has 1 aromatic heterocycles. The second kappa shape index (κ2) is 10.5. The highest BCUT2D eigenvalue weighted by atomic mass is 15.1. The lowest BCUT2D eigenvalue weighted by Gasteiger charge is -2.29. The Hall–Kier alpha value is -3.13.